The van der Waals surface area contributed by atoms with Crippen LogP contribution in [-0.4, -0.2) is 29.6 Å². The molecule has 1 spiro atoms. The van der Waals surface area contributed by atoms with Crippen molar-refractivity contribution < 1.29 is 0 Å². The summed E-state index contributed by atoms with van der Waals surface area (Å²) in [4.78, 5) is 2.69. The van der Waals surface area contributed by atoms with E-state index in [1.807, 2.05) is 12.1 Å². The Morgan fingerprint density at radius 2 is 1.95 bits per heavy atom. The minimum absolute atomic E-state index is 0.344. The van der Waals surface area contributed by atoms with Crippen LogP contribution in [0.25, 0.3) is 0 Å². The van der Waals surface area contributed by atoms with E-state index in [1.165, 1.54) is 37.7 Å². The van der Waals surface area contributed by atoms with Crippen LogP contribution in [0.1, 0.15) is 44.6 Å². The second-order valence-electron chi connectivity index (χ2n) is 6.70. The highest BCUT2D eigenvalue weighted by atomic mass is 35.5. The van der Waals surface area contributed by atoms with Crippen molar-refractivity contribution in [2.75, 3.05) is 13.1 Å². The van der Waals surface area contributed by atoms with Crippen LogP contribution in [0.15, 0.2) is 18.2 Å². The molecule has 1 atom stereocenters. The Morgan fingerprint density at radius 3 is 2.67 bits per heavy atom. The molecule has 116 valence electrons. The van der Waals surface area contributed by atoms with Crippen LogP contribution in [-0.2, 0) is 6.54 Å². The summed E-state index contributed by atoms with van der Waals surface area (Å²) < 4.78 is 0. The molecule has 2 nitrogen and oxygen atoms in total. The van der Waals surface area contributed by atoms with Crippen molar-refractivity contribution in [3.8, 4) is 0 Å². The van der Waals surface area contributed by atoms with Gasteiger partial charge in [0.15, 0.2) is 0 Å². The maximum Gasteiger partial charge on any atom is 0.0595 e. The van der Waals surface area contributed by atoms with Crippen molar-refractivity contribution in [2.24, 2.45) is 0 Å². The molecule has 1 aliphatic carbocycles. The normalized spacial score (nSPS) is 26.1. The first-order valence-corrected chi connectivity index (χ1v) is 8.77. The van der Waals surface area contributed by atoms with Gasteiger partial charge in [-0.2, -0.15) is 0 Å². The Kier molecular flexibility index (Phi) is 4.80. The van der Waals surface area contributed by atoms with Gasteiger partial charge in [-0.15, -0.1) is 0 Å². The van der Waals surface area contributed by atoms with Crippen LogP contribution in [0.2, 0.25) is 10.0 Å². The van der Waals surface area contributed by atoms with Crippen LogP contribution in [0.4, 0.5) is 0 Å². The van der Waals surface area contributed by atoms with E-state index in [9.17, 15) is 0 Å². The number of piperazine rings is 1. The molecule has 0 amide bonds. The van der Waals surface area contributed by atoms with Crippen LogP contribution in [0.3, 0.4) is 0 Å². The lowest BCUT2D eigenvalue weighted by Crippen LogP contribution is -2.64. The lowest BCUT2D eigenvalue weighted by atomic mass is 9.78. The summed E-state index contributed by atoms with van der Waals surface area (Å²) in [5.41, 5.74) is 1.61. The van der Waals surface area contributed by atoms with Crippen LogP contribution >= 0.6 is 23.2 Å². The second-order valence-corrected chi connectivity index (χ2v) is 7.51. The Labute approximate surface area is 137 Å². The Hall–Kier alpha value is -0.280. The van der Waals surface area contributed by atoms with Crippen LogP contribution in [0.5, 0.6) is 0 Å². The minimum atomic E-state index is 0.344. The molecule has 0 radical (unpaired) electrons. The molecule has 1 heterocycles. The third kappa shape index (κ3) is 3.39. The summed E-state index contributed by atoms with van der Waals surface area (Å²) in [6.07, 6.45) is 6.72. The van der Waals surface area contributed by atoms with Gasteiger partial charge < -0.3 is 5.32 Å². The molecule has 4 heteroatoms. The quantitative estimate of drug-likeness (QED) is 0.861. The van der Waals surface area contributed by atoms with Crippen LogP contribution in [0, 0.1) is 0 Å². The molecule has 1 aromatic carbocycles. The zero-order chi connectivity index (χ0) is 14.9. The van der Waals surface area contributed by atoms with E-state index in [0.29, 0.717) is 21.6 Å². The molecule has 2 fully saturated rings. The fourth-order valence-electron chi connectivity index (χ4n) is 3.86. The maximum atomic E-state index is 6.17. The first-order chi connectivity index (χ1) is 10.1. The van der Waals surface area contributed by atoms with E-state index in [1.54, 1.807) is 0 Å². The highest BCUT2D eigenvalue weighted by molar-refractivity contribution is 6.42. The fraction of sp³-hybridized carbons (Fsp3) is 0.647. The molecule has 1 N–H and O–H groups in total. The van der Waals surface area contributed by atoms with Crippen molar-refractivity contribution in [3.63, 3.8) is 0 Å². The van der Waals surface area contributed by atoms with Crippen molar-refractivity contribution in [1.82, 2.24) is 10.2 Å². The van der Waals surface area contributed by atoms with Crippen molar-refractivity contribution in [3.05, 3.63) is 33.8 Å². The third-order valence-corrected chi connectivity index (χ3v) is 5.83. The predicted octanol–water partition coefficient (Wildman–Crippen LogP) is 4.49. The first-order valence-electron chi connectivity index (χ1n) is 8.01. The van der Waals surface area contributed by atoms with Gasteiger partial charge in [-0.05, 0) is 37.5 Å². The molecule has 1 saturated heterocycles. The smallest absolute Gasteiger partial charge is 0.0595 e. The zero-order valence-electron chi connectivity index (χ0n) is 12.7. The van der Waals surface area contributed by atoms with Crippen LogP contribution < -0.4 is 5.32 Å². The number of benzene rings is 1. The molecule has 3 rings (SSSR count). The molecule has 1 unspecified atom stereocenters. The summed E-state index contributed by atoms with van der Waals surface area (Å²) in [6, 6.07) is 6.60. The Bertz CT molecular complexity index is 498. The molecular formula is C17H24Cl2N2. The number of hydrogen-bond donors (Lipinski definition) is 1. The number of nitrogens with zero attached hydrogens (tertiary/aromatic N) is 1. The van der Waals surface area contributed by atoms with E-state index in [0.717, 1.165) is 19.6 Å². The van der Waals surface area contributed by atoms with Gasteiger partial charge in [0, 0.05) is 31.2 Å². The molecule has 21 heavy (non-hydrogen) atoms. The van der Waals surface area contributed by atoms with Gasteiger partial charge in [0.05, 0.1) is 10.0 Å². The second kappa shape index (κ2) is 6.45. The standard InChI is InChI=1S/C17H24Cl2N2/c1-13-10-21(11-14-5-6-15(18)16(19)9-14)17(12-20-13)7-3-2-4-8-17/h5-6,9,13,20H,2-4,7-8,10-12H2,1H3. The summed E-state index contributed by atoms with van der Waals surface area (Å²) in [7, 11) is 0. The van der Waals surface area contributed by atoms with Gasteiger partial charge in [0.2, 0.25) is 0 Å². The molecule has 1 saturated carbocycles. The molecule has 1 aromatic rings. The van der Waals surface area contributed by atoms with Gasteiger partial charge in [-0.1, -0.05) is 48.5 Å². The molecule has 0 aromatic heterocycles. The Balaban J connectivity index is 1.80. The highest BCUT2D eigenvalue weighted by Crippen LogP contribution is 2.36. The van der Waals surface area contributed by atoms with Gasteiger partial charge in [-0.3, -0.25) is 4.90 Å². The number of nitrogens with one attached hydrogen (secondary N) is 1. The lowest BCUT2D eigenvalue weighted by molar-refractivity contribution is 0.00618. The third-order valence-electron chi connectivity index (χ3n) is 5.09. The molecular weight excluding hydrogens is 303 g/mol. The van der Waals surface area contributed by atoms with E-state index >= 15 is 0 Å². The summed E-state index contributed by atoms with van der Waals surface area (Å²) in [6.45, 7) is 5.48. The van der Waals surface area contributed by atoms with Crippen molar-refractivity contribution >= 4 is 23.2 Å². The number of hydrogen-bond acceptors (Lipinski definition) is 2. The van der Waals surface area contributed by atoms with Gasteiger partial charge in [-0.25, -0.2) is 0 Å². The average Bonchev–Trinajstić information content (AvgIpc) is 2.48. The topological polar surface area (TPSA) is 15.3 Å². The fourth-order valence-corrected chi connectivity index (χ4v) is 4.18. The van der Waals surface area contributed by atoms with E-state index in [-0.39, 0.29) is 0 Å². The van der Waals surface area contributed by atoms with E-state index in [2.05, 4.69) is 23.2 Å². The number of halogens is 2. The van der Waals surface area contributed by atoms with Crippen molar-refractivity contribution in [1.29, 1.82) is 0 Å². The summed E-state index contributed by atoms with van der Waals surface area (Å²) in [5, 5.41) is 4.99. The largest absolute Gasteiger partial charge is 0.311 e. The maximum absolute atomic E-state index is 6.17. The van der Waals surface area contributed by atoms with E-state index < -0.39 is 0 Å². The SMILES string of the molecule is CC1CN(Cc2ccc(Cl)c(Cl)c2)C2(CCCCC2)CN1. The molecule has 2 aliphatic rings. The molecule has 1 aliphatic heterocycles. The van der Waals surface area contributed by atoms with Crippen molar-refractivity contribution in [2.45, 2.75) is 57.2 Å². The monoisotopic (exact) mass is 326 g/mol. The minimum Gasteiger partial charge on any atom is -0.311 e. The summed E-state index contributed by atoms with van der Waals surface area (Å²) in [5.74, 6) is 0. The zero-order valence-corrected chi connectivity index (χ0v) is 14.2. The predicted molar refractivity (Wildman–Crippen MR) is 90.2 cm³/mol. The lowest BCUT2D eigenvalue weighted by Gasteiger charge is -2.51. The van der Waals surface area contributed by atoms with Gasteiger partial charge >= 0.3 is 0 Å². The Morgan fingerprint density at radius 1 is 1.19 bits per heavy atom. The first kappa shape index (κ1) is 15.6. The number of rotatable bonds is 2. The summed E-state index contributed by atoms with van der Waals surface area (Å²) >= 11 is 12.2. The van der Waals surface area contributed by atoms with Gasteiger partial charge in [0.1, 0.15) is 0 Å². The van der Waals surface area contributed by atoms with Gasteiger partial charge in [0.25, 0.3) is 0 Å². The average molecular weight is 327 g/mol. The van der Waals surface area contributed by atoms with E-state index in [4.69, 9.17) is 23.2 Å². The highest BCUT2D eigenvalue weighted by Gasteiger charge is 2.41. The molecule has 0 bridgehead atoms.